The molecule has 0 saturated carbocycles. The van der Waals surface area contributed by atoms with Gasteiger partial charge >= 0.3 is 0 Å². The molecule has 0 spiro atoms. The summed E-state index contributed by atoms with van der Waals surface area (Å²) < 4.78 is 1.03. The number of hydrogen-bond acceptors (Lipinski definition) is 3. The highest BCUT2D eigenvalue weighted by molar-refractivity contribution is 9.11. The zero-order chi connectivity index (χ0) is 12.0. The fraction of sp³-hybridized carbons (Fsp3) is 0.111. The van der Waals surface area contributed by atoms with Crippen LogP contribution in [0.1, 0.15) is 12.5 Å². The summed E-state index contributed by atoms with van der Waals surface area (Å²) in [5.41, 5.74) is 0.501. The number of phenols is 1. The van der Waals surface area contributed by atoms with E-state index in [1.54, 1.807) is 12.1 Å². The molecule has 0 atom stereocenters. The molecule has 0 aliphatic rings. The van der Waals surface area contributed by atoms with Gasteiger partial charge in [0.15, 0.2) is 0 Å². The van der Waals surface area contributed by atoms with Crippen molar-refractivity contribution < 1.29 is 15.0 Å². The quantitative estimate of drug-likeness (QED) is 0.763. The van der Waals surface area contributed by atoms with E-state index in [9.17, 15) is 5.11 Å². The van der Waals surface area contributed by atoms with E-state index in [2.05, 4.69) is 31.9 Å². The highest BCUT2D eigenvalue weighted by atomic mass is 79.9. The van der Waals surface area contributed by atoms with Crippen LogP contribution < -0.4 is 0 Å². The molecule has 1 aromatic carbocycles. The van der Waals surface area contributed by atoms with Gasteiger partial charge in [-0.15, -0.1) is 0 Å². The van der Waals surface area contributed by atoms with Crippen molar-refractivity contribution in [2.75, 3.05) is 0 Å². The Morgan fingerprint density at radius 3 is 2.00 bits per heavy atom. The average Bonchev–Trinajstić information content (AvgIpc) is 2.12. The summed E-state index contributed by atoms with van der Waals surface area (Å²) in [5, 5.41) is 25.1. The molecule has 0 bridgehead atoms. The molecule has 0 unspecified atom stereocenters. The number of rotatable bonds is 0. The van der Waals surface area contributed by atoms with E-state index in [1.807, 2.05) is 6.07 Å². The number of phenolic OH excluding ortho intramolecular Hbond substituents is 1. The lowest BCUT2D eigenvalue weighted by Gasteiger charge is -1.99. The van der Waals surface area contributed by atoms with Gasteiger partial charge in [0.2, 0.25) is 0 Å². The Balaban J connectivity index is 0.000000423. The van der Waals surface area contributed by atoms with E-state index in [1.165, 1.54) is 0 Å². The van der Waals surface area contributed by atoms with Crippen molar-refractivity contribution in [3.8, 4) is 11.8 Å². The minimum atomic E-state index is -0.833. The van der Waals surface area contributed by atoms with Gasteiger partial charge < -0.3 is 10.2 Å². The first-order chi connectivity index (χ1) is 6.88. The van der Waals surface area contributed by atoms with Gasteiger partial charge in [0.1, 0.15) is 5.75 Å². The summed E-state index contributed by atoms with van der Waals surface area (Å²) >= 11 is 6.21. The highest BCUT2D eigenvalue weighted by Gasteiger charge is 2.04. The second-order valence-corrected chi connectivity index (χ2v) is 4.13. The Bertz CT molecular complexity index is 385. The summed E-state index contributed by atoms with van der Waals surface area (Å²) in [6.45, 7) is 1.08. The number of halogens is 2. The average molecular weight is 337 g/mol. The molecule has 80 valence electrons. The van der Waals surface area contributed by atoms with Crippen molar-refractivity contribution in [1.29, 1.82) is 5.26 Å². The van der Waals surface area contributed by atoms with Crippen molar-refractivity contribution in [3.63, 3.8) is 0 Å². The van der Waals surface area contributed by atoms with Crippen LogP contribution in [0, 0.1) is 11.3 Å². The maximum atomic E-state index is 9.22. The molecule has 0 aliphatic heterocycles. The van der Waals surface area contributed by atoms with Gasteiger partial charge in [-0.2, -0.15) is 5.26 Å². The van der Waals surface area contributed by atoms with Crippen molar-refractivity contribution in [2.24, 2.45) is 0 Å². The van der Waals surface area contributed by atoms with Crippen molar-refractivity contribution >= 4 is 37.8 Å². The molecule has 2 N–H and O–H groups in total. The van der Waals surface area contributed by atoms with Gasteiger partial charge in [0.05, 0.1) is 20.6 Å². The van der Waals surface area contributed by atoms with Crippen LogP contribution in [0.15, 0.2) is 21.1 Å². The molecule has 1 aromatic rings. The van der Waals surface area contributed by atoms with E-state index in [0.717, 1.165) is 6.92 Å². The second-order valence-electron chi connectivity index (χ2n) is 2.42. The molecule has 0 aromatic heterocycles. The first-order valence-electron chi connectivity index (χ1n) is 3.66. The second kappa shape index (κ2) is 6.43. The Morgan fingerprint density at radius 2 is 1.73 bits per heavy atom. The number of benzene rings is 1. The number of aliphatic carboxylic acids is 1. The minimum Gasteiger partial charge on any atom is -0.506 e. The van der Waals surface area contributed by atoms with Crippen LogP contribution >= 0.6 is 31.9 Å². The van der Waals surface area contributed by atoms with Crippen LogP contribution in [-0.4, -0.2) is 16.2 Å². The zero-order valence-electron chi connectivity index (χ0n) is 7.66. The summed E-state index contributed by atoms with van der Waals surface area (Å²) in [4.78, 5) is 9.00. The topological polar surface area (TPSA) is 81.3 Å². The molecule has 0 saturated heterocycles. The zero-order valence-corrected chi connectivity index (χ0v) is 10.8. The number of carboxylic acid groups (broad SMARTS) is 1. The molecule has 4 nitrogen and oxygen atoms in total. The number of nitrogens with zero attached hydrogens (tertiary/aromatic N) is 1. The third-order valence-electron chi connectivity index (χ3n) is 1.15. The van der Waals surface area contributed by atoms with Gasteiger partial charge in [-0.25, -0.2) is 0 Å². The summed E-state index contributed by atoms with van der Waals surface area (Å²) in [6.07, 6.45) is 0. The predicted octanol–water partition coefficient (Wildman–Crippen LogP) is 2.88. The van der Waals surface area contributed by atoms with Crippen LogP contribution in [-0.2, 0) is 4.79 Å². The molecule has 0 heterocycles. The number of aromatic hydroxyl groups is 1. The SMILES string of the molecule is CC(=O)O.N#Cc1cc(Br)c(O)c(Br)c1. The lowest BCUT2D eigenvalue weighted by molar-refractivity contribution is -0.134. The molecule has 1 rings (SSSR count). The fourth-order valence-electron chi connectivity index (χ4n) is 0.630. The van der Waals surface area contributed by atoms with E-state index >= 15 is 0 Å². The number of nitriles is 1. The van der Waals surface area contributed by atoms with Crippen LogP contribution in [0.3, 0.4) is 0 Å². The van der Waals surface area contributed by atoms with E-state index in [-0.39, 0.29) is 5.75 Å². The molecular weight excluding hydrogens is 330 g/mol. The Labute approximate surface area is 103 Å². The predicted molar refractivity (Wildman–Crippen MR) is 61.5 cm³/mol. The van der Waals surface area contributed by atoms with Gasteiger partial charge in [-0.1, -0.05) is 0 Å². The fourth-order valence-corrected chi connectivity index (χ4v) is 1.82. The van der Waals surface area contributed by atoms with Crippen LogP contribution in [0.2, 0.25) is 0 Å². The first kappa shape index (κ1) is 13.9. The minimum absolute atomic E-state index is 0.115. The van der Waals surface area contributed by atoms with Crippen LogP contribution in [0.5, 0.6) is 5.75 Å². The smallest absolute Gasteiger partial charge is 0.300 e. The van der Waals surface area contributed by atoms with Crippen molar-refractivity contribution in [2.45, 2.75) is 6.92 Å². The third-order valence-corrected chi connectivity index (χ3v) is 2.35. The van der Waals surface area contributed by atoms with Crippen LogP contribution in [0.25, 0.3) is 0 Å². The molecule has 0 aliphatic carbocycles. The molecule has 6 heteroatoms. The lowest BCUT2D eigenvalue weighted by Crippen LogP contribution is -1.78. The summed E-state index contributed by atoms with van der Waals surface area (Å²) in [7, 11) is 0. The Kier molecular flexibility index (Phi) is 5.97. The van der Waals surface area contributed by atoms with Crippen molar-refractivity contribution in [3.05, 3.63) is 26.6 Å². The van der Waals surface area contributed by atoms with Gasteiger partial charge in [-0.05, 0) is 44.0 Å². The van der Waals surface area contributed by atoms with E-state index < -0.39 is 5.97 Å². The molecule has 15 heavy (non-hydrogen) atoms. The molecular formula is C9H7Br2NO3. The van der Waals surface area contributed by atoms with Gasteiger partial charge in [-0.3, -0.25) is 4.79 Å². The lowest BCUT2D eigenvalue weighted by atomic mass is 10.2. The van der Waals surface area contributed by atoms with E-state index in [0.29, 0.717) is 14.5 Å². The molecule has 0 fully saturated rings. The Morgan fingerprint density at radius 1 is 1.40 bits per heavy atom. The van der Waals surface area contributed by atoms with Crippen molar-refractivity contribution in [1.82, 2.24) is 0 Å². The largest absolute Gasteiger partial charge is 0.506 e. The summed E-state index contributed by atoms with van der Waals surface area (Å²) in [5.74, 6) is -0.719. The van der Waals surface area contributed by atoms with Crippen LogP contribution in [0.4, 0.5) is 0 Å². The number of hydrogen-bond donors (Lipinski definition) is 2. The highest BCUT2D eigenvalue weighted by Crippen LogP contribution is 2.32. The number of carbonyl (C=O) groups is 1. The first-order valence-corrected chi connectivity index (χ1v) is 5.24. The molecule has 0 amide bonds. The monoisotopic (exact) mass is 335 g/mol. The maximum absolute atomic E-state index is 9.22. The third kappa shape index (κ3) is 5.40. The summed E-state index contributed by atoms with van der Waals surface area (Å²) in [6, 6.07) is 5.08. The maximum Gasteiger partial charge on any atom is 0.300 e. The van der Waals surface area contributed by atoms with Gasteiger partial charge in [0, 0.05) is 6.92 Å². The Hall–Kier alpha value is -1.06. The normalized spacial score (nSPS) is 8.40. The molecule has 0 radical (unpaired) electrons. The number of carboxylic acids is 1. The van der Waals surface area contributed by atoms with Gasteiger partial charge in [0.25, 0.3) is 5.97 Å². The van der Waals surface area contributed by atoms with E-state index in [4.69, 9.17) is 15.2 Å². The standard InChI is InChI=1S/C7H3Br2NO.C2H4O2/c8-5-1-4(3-10)2-6(9)7(5)11;1-2(3)4/h1-2,11H;1H3,(H,3,4).